The predicted octanol–water partition coefficient (Wildman–Crippen LogP) is 3.07. The van der Waals surface area contributed by atoms with E-state index in [1.165, 1.54) is 11.1 Å². The molecule has 1 aromatic heterocycles. The van der Waals surface area contributed by atoms with E-state index in [-0.39, 0.29) is 6.04 Å². The molecule has 0 saturated heterocycles. The van der Waals surface area contributed by atoms with Crippen molar-refractivity contribution in [3.8, 4) is 11.5 Å². The minimum atomic E-state index is 0.288. The Kier molecular flexibility index (Phi) is 2.99. The summed E-state index contributed by atoms with van der Waals surface area (Å²) in [6.07, 6.45) is 1.89. The van der Waals surface area contributed by atoms with E-state index in [2.05, 4.69) is 17.2 Å². The number of nitrogens with one attached hydrogen (secondary N) is 1. The van der Waals surface area contributed by atoms with Gasteiger partial charge in [-0.15, -0.1) is 0 Å². The molecule has 100 valence electrons. The van der Waals surface area contributed by atoms with E-state index in [4.69, 9.17) is 21.1 Å². The lowest BCUT2D eigenvalue weighted by atomic mass is 10.0. The van der Waals surface area contributed by atoms with Gasteiger partial charge in [0.2, 0.25) is 0 Å². The Bertz CT molecular complexity index is 658. The van der Waals surface area contributed by atoms with Crippen LogP contribution in [0.4, 0.5) is 0 Å². The molecule has 3 rings (SSSR count). The topological polar surface area (TPSA) is 43.4 Å². The number of hydrogen-bond acceptors (Lipinski definition) is 4. The van der Waals surface area contributed by atoms with Crippen LogP contribution in [0.1, 0.15) is 24.1 Å². The molecule has 0 saturated carbocycles. The van der Waals surface area contributed by atoms with Gasteiger partial charge in [0.05, 0.1) is 14.2 Å². The van der Waals surface area contributed by atoms with Gasteiger partial charge in [0.15, 0.2) is 5.75 Å². The van der Waals surface area contributed by atoms with Crippen LogP contribution in [-0.2, 0) is 6.54 Å². The summed E-state index contributed by atoms with van der Waals surface area (Å²) in [5.74, 6) is 1.18. The summed E-state index contributed by atoms with van der Waals surface area (Å²) in [7, 11) is 3.20. The van der Waals surface area contributed by atoms with Crippen molar-refractivity contribution in [3.63, 3.8) is 0 Å². The van der Waals surface area contributed by atoms with Crippen LogP contribution >= 0.6 is 11.6 Å². The van der Waals surface area contributed by atoms with E-state index >= 15 is 0 Å². The van der Waals surface area contributed by atoms with Crippen LogP contribution < -0.4 is 14.8 Å². The third-order valence-corrected chi connectivity index (χ3v) is 3.96. The average molecular weight is 279 g/mol. The van der Waals surface area contributed by atoms with Crippen molar-refractivity contribution in [1.29, 1.82) is 0 Å². The number of pyridine rings is 1. The average Bonchev–Trinajstić information content (AvgIpc) is 2.80. The Morgan fingerprint density at radius 1 is 1.37 bits per heavy atom. The zero-order chi connectivity index (χ0) is 13.6. The highest BCUT2D eigenvalue weighted by molar-refractivity contribution is 6.34. The maximum atomic E-state index is 6.27. The predicted molar refractivity (Wildman–Crippen MR) is 75.1 cm³/mol. The number of nitrogens with zero attached hydrogens (tertiary/aromatic N) is 1. The molecule has 0 unspecified atom stereocenters. The van der Waals surface area contributed by atoms with Crippen LogP contribution in [0.3, 0.4) is 0 Å². The molecule has 0 radical (unpaired) electrons. The van der Waals surface area contributed by atoms with Gasteiger partial charge in [0, 0.05) is 24.2 Å². The highest BCUT2D eigenvalue weighted by atomic mass is 35.5. The highest BCUT2D eigenvalue weighted by Crippen LogP contribution is 2.43. The minimum absolute atomic E-state index is 0.288. The molecule has 5 heteroatoms. The van der Waals surface area contributed by atoms with Crippen LogP contribution in [0, 0.1) is 0 Å². The van der Waals surface area contributed by atoms with Crippen LogP contribution in [0.2, 0.25) is 5.02 Å². The maximum absolute atomic E-state index is 6.27. The number of halogens is 1. The largest absolute Gasteiger partial charge is 0.495 e. The van der Waals surface area contributed by atoms with Crippen LogP contribution in [0.25, 0.3) is 10.9 Å². The lowest BCUT2D eigenvalue weighted by Crippen LogP contribution is -2.07. The van der Waals surface area contributed by atoms with Gasteiger partial charge in [-0.2, -0.15) is 0 Å². The molecule has 1 aliphatic heterocycles. The Balaban J connectivity index is 2.41. The summed E-state index contributed by atoms with van der Waals surface area (Å²) in [6.45, 7) is 2.98. The first-order valence-corrected chi connectivity index (χ1v) is 6.50. The number of aromatic nitrogens is 1. The highest BCUT2D eigenvalue weighted by Gasteiger charge is 2.24. The Labute approximate surface area is 116 Å². The second-order valence-corrected chi connectivity index (χ2v) is 5.00. The molecule has 1 aliphatic rings. The zero-order valence-corrected chi connectivity index (χ0v) is 11.8. The molecule has 1 aromatic carbocycles. The Morgan fingerprint density at radius 3 is 2.84 bits per heavy atom. The van der Waals surface area contributed by atoms with Crippen molar-refractivity contribution in [2.45, 2.75) is 19.5 Å². The molecule has 19 heavy (non-hydrogen) atoms. The molecule has 2 aromatic rings. The normalized spacial score (nSPS) is 17.6. The summed E-state index contributed by atoms with van der Waals surface area (Å²) in [6, 6.07) is 2.23. The molecule has 0 bridgehead atoms. The van der Waals surface area contributed by atoms with Gasteiger partial charge in [-0.05, 0) is 24.1 Å². The summed E-state index contributed by atoms with van der Waals surface area (Å²) in [5, 5.41) is 4.91. The minimum Gasteiger partial charge on any atom is -0.495 e. The van der Waals surface area contributed by atoms with Crippen molar-refractivity contribution in [2.24, 2.45) is 0 Å². The van der Waals surface area contributed by atoms with E-state index < -0.39 is 0 Å². The standard InChI is InChI=1S/C14H15ClN2O2/c1-7-11-8(5-16-7)6-17-13-9(11)4-10(18-2)12(15)14(13)19-3/h4,6-7,16H,5H2,1-3H3/t7-/m0/s1. The fourth-order valence-electron chi connectivity index (χ4n) is 2.67. The quantitative estimate of drug-likeness (QED) is 0.917. The molecular weight excluding hydrogens is 264 g/mol. The third kappa shape index (κ3) is 1.75. The van der Waals surface area contributed by atoms with Gasteiger partial charge in [-0.3, -0.25) is 4.98 Å². The first-order chi connectivity index (χ1) is 9.17. The van der Waals surface area contributed by atoms with E-state index in [0.717, 1.165) is 17.4 Å². The van der Waals surface area contributed by atoms with E-state index in [1.54, 1.807) is 14.2 Å². The lowest BCUT2D eigenvalue weighted by Gasteiger charge is -2.14. The Hall–Kier alpha value is -1.52. The number of ether oxygens (including phenoxy) is 2. The fourth-order valence-corrected chi connectivity index (χ4v) is 2.97. The smallest absolute Gasteiger partial charge is 0.167 e. The summed E-state index contributed by atoms with van der Waals surface area (Å²) in [5.41, 5.74) is 3.24. The van der Waals surface area contributed by atoms with Crippen molar-refractivity contribution in [3.05, 3.63) is 28.4 Å². The van der Waals surface area contributed by atoms with Crippen molar-refractivity contribution in [1.82, 2.24) is 10.3 Å². The molecule has 0 amide bonds. The number of hydrogen-bond donors (Lipinski definition) is 1. The molecule has 0 fully saturated rings. The van der Waals surface area contributed by atoms with Gasteiger partial charge >= 0.3 is 0 Å². The van der Waals surface area contributed by atoms with Gasteiger partial charge in [0.1, 0.15) is 16.3 Å². The molecule has 4 nitrogen and oxygen atoms in total. The lowest BCUT2D eigenvalue weighted by molar-refractivity contribution is 0.398. The van der Waals surface area contributed by atoms with Crippen molar-refractivity contribution in [2.75, 3.05) is 14.2 Å². The summed E-state index contributed by atoms with van der Waals surface area (Å²) < 4.78 is 10.7. The molecule has 0 spiro atoms. The number of benzene rings is 1. The van der Waals surface area contributed by atoms with Crippen molar-refractivity contribution >= 4 is 22.5 Å². The van der Waals surface area contributed by atoms with Crippen LogP contribution in [0.5, 0.6) is 11.5 Å². The first kappa shape index (κ1) is 12.5. The second-order valence-electron chi connectivity index (χ2n) is 4.62. The van der Waals surface area contributed by atoms with Gasteiger partial charge < -0.3 is 14.8 Å². The SMILES string of the molecule is COc1cc2c3c(cnc2c(OC)c1Cl)CN[C@H]3C. The summed E-state index contributed by atoms with van der Waals surface area (Å²) >= 11 is 6.27. The van der Waals surface area contributed by atoms with Gasteiger partial charge in [0.25, 0.3) is 0 Å². The van der Waals surface area contributed by atoms with Gasteiger partial charge in [-0.1, -0.05) is 11.6 Å². The second kappa shape index (κ2) is 4.54. The van der Waals surface area contributed by atoms with Crippen LogP contribution in [0.15, 0.2) is 12.3 Å². The fraction of sp³-hybridized carbons (Fsp3) is 0.357. The zero-order valence-electron chi connectivity index (χ0n) is 11.1. The first-order valence-electron chi connectivity index (χ1n) is 6.12. The van der Waals surface area contributed by atoms with Crippen LogP contribution in [-0.4, -0.2) is 19.2 Å². The third-order valence-electron chi connectivity index (χ3n) is 3.60. The monoisotopic (exact) mass is 278 g/mol. The molecule has 2 heterocycles. The van der Waals surface area contributed by atoms with Gasteiger partial charge in [-0.25, -0.2) is 0 Å². The maximum Gasteiger partial charge on any atom is 0.167 e. The van der Waals surface area contributed by atoms with E-state index in [0.29, 0.717) is 16.5 Å². The van der Waals surface area contributed by atoms with E-state index in [1.807, 2.05) is 12.3 Å². The molecule has 1 N–H and O–H groups in total. The van der Waals surface area contributed by atoms with E-state index in [9.17, 15) is 0 Å². The summed E-state index contributed by atoms with van der Waals surface area (Å²) in [4.78, 5) is 4.49. The van der Waals surface area contributed by atoms with Crippen molar-refractivity contribution < 1.29 is 9.47 Å². The molecule has 0 aliphatic carbocycles. The molecular formula is C14H15ClN2O2. The number of fused-ring (bicyclic) bond motifs is 3. The number of rotatable bonds is 2. The molecule has 1 atom stereocenters. The number of methoxy groups -OCH3 is 2. The Morgan fingerprint density at radius 2 is 2.16 bits per heavy atom.